The van der Waals surface area contributed by atoms with Gasteiger partial charge in [0.1, 0.15) is 29.3 Å². The summed E-state index contributed by atoms with van der Waals surface area (Å²) in [5.41, 5.74) is 0.865. The molecule has 0 fully saturated rings. The average molecular weight is 325 g/mol. The van der Waals surface area contributed by atoms with Gasteiger partial charge in [-0.2, -0.15) is 0 Å². The normalized spacial score (nSPS) is 10.2. The van der Waals surface area contributed by atoms with Gasteiger partial charge in [-0.15, -0.1) is 0 Å². The van der Waals surface area contributed by atoms with E-state index in [4.69, 9.17) is 9.26 Å². The first-order chi connectivity index (χ1) is 11.6. The Hall–Kier alpha value is -3.42. The number of ether oxygens (including phenoxy) is 1. The van der Waals surface area contributed by atoms with Crippen LogP contribution in [-0.4, -0.2) is 28.1 Å². The van der Waals surface area contributed by atoms with E-state index in [0.717, 1.165) is 0 Å². The zero-order valence-corrected chi connectivity index (χ0v) is 13.1. The van der Waals surface area contributed by atoms with Crippen LogP contribution in [0, 0.1) is 6.92 Å². The molecule has 24 heavy (non-hydrogen) atoms. The highest BCUT2D eigenvalue weighted by molar-refractivity contribution is 6.03. The third-order valence-corrected chi connectivity index (χ3v) is 3.13. The molecule has 0 saturated heterocycles. The predicted molar refractivity (Wildman–Crippen MR) is 87.5 cm³/mol. The molecular formula is C16H15N5O3. The van der Waals surface area contributed by atoms with Crippen molar-refractivity contribution in [1.82, 2.24) is 15.1 Å². The molecule has 0 aliphatic carbocycles. The van der Waals surface area contributed by atoms with Gasteiger partial charge >= 0.3 is 0 Å². The Morgan fingerprint density at radius 1 is 1.12 bits per heavy atom. The number of hydrogen-bond donors (Lipinski definition) is 2. The minimum Gasteiger partial charge on any atom is -0.497 e. The third-order valence-electron chi connectivity index (χ3n) is 3.13. The lowest BCUT2D eigenvalue weighted by atomic mass is 10.3. The van der Waals surface area contributed by atoms with Gasteiger partial charge in [-0.3, -0.25) is 4.79 Å². The second-order valence-electron chi connectivity index (χ2n) is 4.92. The van der Waals surface area contributed by atoms with Gasteiger partial charge in [-0.1, -0.05) is 5.16 Å². The van der Waals surface area contributed by atoms with Crippen LogP contribution in [0.3, 0.4) is 0 Å². The smallest absolute Gasteiger partial charge is 0.274 e. The third kappa shape index (κ3) is 3.67. The highest BCUT2D eigenvalue weighted by atomic mass is 16.5. The topological polar surface area (TPSA) is 102 Å². The molecule has 0 atom stereocenters. The maximum Gasteiger partial charge on any atom is 0.274 e. The molecule has 1 amide bonds. The van der Waals surface area contributed by atoms with E-state index >= 15 is 0 Å². The summed E-state index contributed by atoms with van der Waals surface area (Å²) in [6.45, 7) is 1.78. The van der Waals surface area contributed by atoms with Crippen LogP contribution >= 0.6 is 0 Å². The largest absolute Gasteiger partial charge is 0.497 e. The van der Waals surface area contributed by atoms with Crippen molar-refractivity contribution in [3.8, 4) is 5.75 Å². The Morgan fingerprint density at radius 2 is 1.92 bits per heavy atom. The van der Waals surface area contributed by atoms with Crippen molar-refractivity contribution in [3.63, 3.8) is 0 Å². The molecule has 8 heteroatoms. The van der Waals surface area contributed by atoms with Crippen molar-refractivity contribution in [2.75, 3.05) is 17.7 Å². The van der Waals surface area contributed by atoms with E-state index < -0.39 is 0 Å². The first kappa shape index (κ1) is 15.5. The number of methoxy groups -OCH3 is 1. The van der Waals surface area contributed by atoms with Gasteiger partial charge in [0.2, 0.25) is 0 Å². The van der Waals surface area contributed by atoms with Crippen LogP contribution in [0.5, 0.6) is 5.75 Å². The number of aryl methyl sites for hydroxylation is 1. The Morgan fingerprint density at radius 3 is 2.58 bits per heavy atom. The molecule has 122 valence electrons. The van der Waals surface area contributed by atoms with Crippen LogP contribution in [0.4, 0.5) is 17.3 Å². The van der Waals surface area contributed by atoms with Gasteiger partial charge in [-0.25, -0.2) is 9.97 Å². The van der Waals surface area contributed by atoms with E-state index in [9.17, 15) is 4.79 Å². The maximum absolute atomic E-state index is 12.3. The summed E-state index contributed by atoms with van der Waals surface area (Å²) in [6, 6.07) is 10.3. The Bertz CT molecular complexity index is 845. The quantitative estimate of drug-likeness (QED) is 0.743. The predicted octanol–water partition coefficient (Wildman–Crippen LogP) is 2.78. The average Bonchev–Trinajstić information content (AvgIpc) is 3.00. The van der Waals surface area contributed by atoms with Crippen molar-refractivity contribution < 1.29 is 14.1 Å². The summed E-state index contributed by atoms with van der Waals surface area (Å²) in [4.78, 5) is 20.3. The molecule has 0 radical (unpaired) electrons. The fraction of sp³-hybridized carbons (Fsp3) is 0.125. The Kier molecular flexibility index (Phi) is 4.37. The van der Waals surface area contributed by atoms with Crippen LogP contribution in [0.15, 0.2) is 47.2 Å². The molecule has 2 aromatic heterocycles. The van der Waals surface area contributed by atoms with Crippen LogP contribution in [0.2, 0.25) is 0 Å². The zero-order valence-electron chi connectivity index (χ0n) is 13.1. The Balaban J connectivity index is 1.71. The summed E-state index contributed by atoms with van der Waals surface area (Å²) in [5.74, 6) is 1.99. The molecule has 0 aliphatic rings. The van der Waals surface area contributed by atoms with Crippen LogP contribution in [-0.2, 0) is 0 Å². The van der Waals surface area contributed by atoms with Crippen LogP contribution in [0.1, 0.15) is 16.2 Å². The van der Waals surface area contributed by atoms with E-state index in [1.807, 2.05) is 0 Å². The number of anilines is 3. The highest BCUT2D eigenvalue weighted by Gasteiger charge is 2.10. The molecule has 2 heterocycles. The van der Waals surface area contributed by atoms with Crippen molar-refractivity contribution in [2.24, 2.45) is 0 Å². The SMILES string of the molecule is COc1ccc(NC(=O)c2cc(Nc3cc(C)on3)ncn2)cc1. The summed E-state index contributed by atoms with van der Waals surface area (Å²) in [6.07, 6.45) is 1.30. The van der Waals surface area contributed by atoms with Crippen molar-refractivity contribution in [3.05, 3.63) is 54.2 Å². The molecule has 0 bridgehead atoms. The second kappa shape index (κ2) is 6.78. The van der Waals surface area contributed by atoms with E-state index in [1.165, 1.54) is 12.4 Å². The summed E-state index contributed by atoms with van der Waals surface area (Å²) < 4.78 is 10.0. The lowest BCUT2D eigenvalue weighted by Crippen LogP contribution is -2.14. The Labute approximate surface area is 137 Å². The zero-order chi connectivity index (χ0) is 16.9. The van der Waals surface area contributed by atoms with Crippen molar-refractivity contribution in [1.29, 1.82) is 0 Å². The van der Waals surface area contributed by atoms with Gasteiger partial charge in [0, 0.05) is 17.8 Å². The number of nitrogens with one attached hydrogen (secondary N) is 2. The molecule has 0 spiro atoms. The molecule has 0 saturated carbocycles. The molecule has 0 unspecified atom stereocenters. The van der Waals surface area contributed by atoms with Gasteiger partial charge in [0.25, 0.3) is 5.91 Å². The van der Waals surface area contributed by atoms with Gasteiger partial charge in [0.05, 0.1) is 7.11 Å². The van der Waals surface area contributed by atoms with Crippen LogP contribution < -0.4 is 15.4 Å². The number of carbonyl (C=O) groups is 1. The minimum atomic E-state index is -0.345. The molecule has 1 aromatic carbocycles. The number of carbonyl (C=O) groups excluding carboxylic acids is 1. The monoisotopic (exact) mass is 325 g/mol. The van der Waals surface area contributed by atoms with E-state index in [1.54, 1.807) is 44.4 Å². The number of amides is 1. The van der Waals surface area contributed by atoms with Crippen LogP contribution in [0.25, 0.3) is 0 Å². The van der Waals surface area contributed by atoms with Gasteiger partial charge in [-0.05, 0) is 31.2 Å². The lowest BCUT2D eigenvalue weighted by Gasteiger charge is -2.07. The van der Waals surface area contributed by atoms with E-state index in [-0.39, 0.29) is 11.6 Å². The molecule has 8 nitrogen and oxygen atoms in total. The second-order valence-corrected chi connectivity index (χ2v) is 4.92. The molecule has 2 N–H and O–H groups in total. The lowest BCUT2D eigenvalue weighted by molar-refractivity contribution is 0.102. The summed E-state index contributed by atoms with van der Waals surface area (Å²) in [5, 5.41) is 9.52. The minimum absolute atomic E-state index is 0.225. The van der Waals surface area contributed by atoms with E-state index in [2.05, 4.69) is 25.8 Å². The number of benzene rings is 1. The fourth-order valence-electron chi connectivity index (χ4n) is 1.98. The summed E-state index contributed by atoms with van der Waals surface area (Å²) in [7, 11) is 1.58. The molecule has 0 aliphatic heterocycles. The number of nitrogens with zero attached hydrogens (tertiary/aromatic N) is 3. The number of hydrogen-bond acceptors (Lipinski definition) is 7. The number of rotatable bonds is 5. The summed E-state index contributed by atoms with van der Waals surface area (Å²) >= 11 is 0. The maximum atomic E-state index is 12.3. The fourth-order valence-corrected chi connectivity index (χ4v) is 1.98. The molecule has 3 rings (SSSR count). The number of aromatic nitrogens is 3. The highest BCUT2D eigenvalue weighted by Crippen LogP contribution is 2.17. The molecule has 3 aromatic rings. The van der Waals surface area contributed by atoms with E-state index in [0.29, 0.717) is 28.8 Å². The molecular weight excluding hydrogens is 310 g/mol. The first-order valence-corrected chi connectivity index (χ1v) is 7.12. The van der Waals surface area contributed by atoms with Crippen molar-refractivity contribution in [2.45, 2.75) is 6.92 Å². The first-order valence-electron chi connectivity index (χ1n) is 7.12. The van der Waals surface area contributed by atoms with Gasteiger partial charge < -0.3 is 19.9 Å². The van der Waals surface area contributed by atoms with Gasteiger partial charge in [0.15, 0.2) is 5.82 Å². The standard InChI is InChI=1S/C16H15N5O3/c1-10-7-15(21-24-10)20-14-8-13(17-9-18-14)16(22)19-11-3-5-12(23-2)6-4-11/h3-9H,1-2H3,(H,19,22)(H,17,18,20,21). The van der Waals surface area contributed by atoms with Crippen molar-refractivity contribution >= 4 is 23.2 Å².